The molecule has 7 heteroatoms. The van der Waals surface area contributed by atoms with Gasteiger partial charge in [-0.2, -0.15) is 14.9 Å². The molecule has 0 saturated heterocycles. The van der Waals surface area contributed by atoms with Gasteiger partial charge in [-0.1, -0.05) is 35.3 Å². The van der Waals surface area contributed by atoms with E-state index >= 15 is 0 Å². The van der Waals surface area contributed by atoms with E-state index < -0.39 is 0 Å². The minimum Gasteiger partial charge on any atom is -0.338 e. The second-order valence-electron chi connectivity index (χ2n) is 6.80. The first-order chi connectivity index (χ1) is 13.0. The van der Waals surface area contributed by atoms with Gasteiger partial charge in [-0.25, -0.2) is 0 Å². The number of fused-ring (bicyclic) bond motifs is 2. The minimum absolute atomic E-state index is 0.295. The Kier molecular flexibility index (Phi) is 3.39. The summed E-state index contributed by atoms with van der Waals surface area (Å²) >= 11 is 12.1. The van der Waals surface area contributed by atoms with Crippen LogP contribution in [-0.4, -0.2) is 14.6 Å². The third kappa shape index (κ3) is 2.31. The Morgan fingerprint density at radius 1 is 1.11 bits per heavy atom. The maximum atomic E-state index is 12.9. The van der Waals surface area contributed by atoms with Crippen molar-refractivity contribution >= 4 is 39.8 Å². The molecule has 0 atom stereocenters. The fourth-order valence-electron chi connectivity index (χ4n) is 3.72. The highest BCUT2D eigenvalue weighted by molar-refractivity contribution is 6.31. The Labute approximate surface area is 163 Å². The zero-order chi connectivity index (χ0) is 18.8. The van der Waals surface area contributed by atoms with Gasteiger partial charge in [0, 0.05) is 15.5 Å². The lowest BCUT2D eigenvalue weighted by Gasteiger charge is -2.13. The molecule has 4 aromatic rings. The second kappa shape index (κ2) is 5.59. The third-order valence-corrected chi connectivity index (χ3v) is 5.74. The Morgan fingerprint density at radius 3 is 2.48 bits per heavy atom. The molecule has 2 heterocycles. The van der Waals surface area contributed by atoms with Crippen LogP contribution in [0.3, 0.4) is 0 Å². The van der Waals surface area contributed by atoms with Crippen molar-refractivity contribution in [3.63, 3.8) is 0 Å². The fraction of sp³-hybridized carbons (Fsp3) is 0.150. The summed E-state index contributed by atoms with van der Waals surface area (Å²) in [5.41, 5.74) is 2.45. The van der Waals surface area contributed by atoms with Gasteiger partial charge in [-0.05, 0) is 48.7 Å². The lowest BCUT2D eigenvalue weighted by atomic mass is 9.90. The molecule has 5 nitrogen and oxygen atoms in total. The number of rotatable bonds is 2. The molecular weight excluding hydrogens is 383 g/mol. The normalized spacial score (nSPS) is 15.1. The van der Waals surface area contributed by atoms with Crippen molar-refractivity contribution < 1.29 is 0 Å². The molecule has 27 heavy (non-hydrogen) atoms. The summed E-state index contributed by atoms with van der Waals surface area (Å²) < 4.78 is 1.28. The van der Waals surface area contributed by atoms with Crippen LogP contribution in [0.1, 0.15) is 29.7 Å². The van der Waals surface area contributed by atoms with E-state index in [4.69, 9.17) is 23.2 Å². The summed E-state index contributed by atoms with van der Waals surface area (Å²) in [6.45, 7) is 0. The van der Waals surface area contributed by atoms with Crippen molar-refractivity contribution in [1.82, 2.24) is 14.6 Å². The van der Waals surface area contributed by atoms with E-state index in [1.54, 1.807) is 18.2 Å². The van der Waals surface area contributed by atoms with E-state index in [2.05, 4.69) is 16.2 Å². The maximum absolute atomic E-state index is 12.9. The van der Waals surface area contributed by atoms with Gasteiger partial charge in [0.25, 0.3) is 5.56 Å². The van der Waals surface area contributed by atoms with Gasteiger partial charge in [-0.15, -0.1) is 0 Å². The number of H-pyrrole nitrogens is 1. The summed E-state index contributed by atoms with van der Waals surface area (Å²) in [5, 5.41) is 16.0. The van der Waals surface area contributed by atoms with Crippen molar-refractivity contribution in [1.29, 1.82) is 5.26 Å². The van der Waals surface area contributed by atoms with Crippen LogP contribution in [0.2, 0.25) is 10.0 Å². The van der Waals surface area contributed by atoms with Crippen LogP contribution >= 0.6 is 23.2 Å². The number of benzene rings is 2. The van der Waals surface area contributed by atoms with Gasteiger partial charge in [0.1, 0.15) is 11.6 Å². The summed E-state index contributed by atoms with van der Waals surface area (Å²) in [4.78, 5) is 16.1. The van der Waals surface area contributed by atoms with Crippen LogP contribution in [0.25, 0.3) is 16.6 Å². The fourth-order valence-corrected chi connectivity index (χ4v) is 4.02. The molecule has 1 saturated carbocycles. The number of hydrogen-bond acceptors (Lipinski definition) is 3. The van der Waals surface area contributed by atoms with E-state index in [9.17, 15) is 10.1 Å². The zero-order valence-corrected chi connectivity index (χ0v) is 15.5. The molecule has 2 aromatic carbocycles. The van der Waals surface area contributed by atoms with Crippen molar-refractivity contribution in [2.75, 3.05) is 0 Å². The molecule has 1 aliphatic carbocycles. The Bertz CT molecular complexity index is 1320. The smallest absolute Gasteiger partial charge is 0.282 e. The number of nitrogens with zero attached hydrogens (tertiary/aromatic N) is 3. The first-order valence-electron chi connectivity index (χ1n) is 8.44. The highest BCUT2D eigenvalue weighted by Gasteiger charge is 2.50. The van der Waals surface area contributed by atoms with E-state index in [0.717, 1.165) is 18.4 Å². The number of halogens is 2. The standard InChI is InChI=1S/C20H12Cl2N4O/c21-12-3-1-11(2-4-12)20(7-8-20)17-15(10-23)18-24-16-6-5-13(22)9-14(16)19(27)26(18)25-17/h1-6,9,24H,7-8H2. The molecule has 0 aliphatic heterocycles. The molecule has 5 rings (SSSR count). The lowest BCUT2D eigenvalue weighted by Crippen LogP contribution is -2.16. The average molecular weight is 395 g/mol. The molecule has 0 amide bonds. The van der Waals surface area contributed by atoms with E-state index in [1.807, 2.05) is 24.3 Å². The summed E-state index contributed by atoms with van der Waals surface area (Å²) in [6, 6.07) is 14.9. The molecular formula is C20H12Cl2N4O. The molecule has 0 radical (unpaired) electrons. The maximum Gasteiger partial charge on any atom is 0.282 e. The highest BCUT2D eigenvalue weighted by atomic mass is 35.5. The first kappa shape index (κ1) is 16.4. The molecule has 0 unspecified atom stereocenters. The van der Waals surface area contributed by atoms with Crippen LogP contribution in [0.4, 0.5) is 0 Å². The SMILES string of the molecule is N#Cc1c(C2(c3ccc(Cl)cc3)CC2)nn2c(=O)c3cc(Cl)ccc3[nH]c12. The predicted octanol–water partition coefficient (Wildman–Crippen LogP) is 4.43. The highest BCUT2D eigenvalue weighted by Crippen LogP contribution is 2.54. The van der Waals surface area contributed by atoms with Gasteiger partial charge in [0.15, 0.2) is 5.65 Å². The quantitative estimate of drug-likeness (QED) is 0.546. The van der Waals surface area contributed by atoms with Crippen molar-refractivity contribution in [2.24, 2.45) is 0 Å². The van der Waals surface area contributed by atoms with E-state index in [1.165, 1.54) is 4.52 Å². The van der Waals surface area contributed by atoms with Crippen molar-refractivity contribution in [3.8, 4) is 6.07 Å². The lowest BCUT2D eigenvalue weighted by molar-refractivity contribution is 0.762. The van der Waals surface area contributed by atoms with E-state index in [0.29, 0.717) is 37.9 Å². The molecule has 1 aliphatic rings. The Morgan fingerprint density at radius 2 is 1.81 bits per heavy atom. The molecule has 2 aromatic heterocycles. The number of nitrogens with one attached hydrogen (secondary N) is 1. The van der Waals surface area contributed by atoms with Crippen LogP contribution < -0.4 is 5.56 Å². The molecule has 1 fully saturated rings. The molecule has 132 valence electrons. The summed E-state index contributed by atoms with van der Waals surface area (Å²) in [6.07, 6.45) is 1.74. The van der Waals surface area contributed by atoms with Gasteiger partial charge < -0.3 is 4.98 Å². The van der Waals surface area contributed by atoms with Crippen LogP contribution in [-0.2, 0) is 5.41 Å². The van der Waals surface area contributed by atoms with Crippen LogP contribution in [0.5, 0.6) is 0 Å². The third-order valence-electron chi connectivity index (χ3n) is 5.25. The van der Waals surface area contributed by atoms with Crippen molar-refractivity contribution in [3.05, 3.63) is 79.7 Å². The minimum atomic E-state index is -0.355. The zero-order valence-electron chi connectivity index (χ0n) is 14.0. The van der Waals surface area contributed by atoms with Gasteiger partial charge in [-0.3, -0.25) is 4.79 Å². The topological polar surface area (TPSA) is 74.0 Å². The van der Waals surface area contributed by atoms with Crippen LogP contribution in [0, 0.1) is 11.3 Å². The second-order valence-corrected chi connectivity index (χ2v) is 7.68. The number of nitriles is 1. The number of hydrogen-bond donors (Lipinski definition) is 1. The summed E-state index contributed by atoms with van der Waals surface area (Å²) in [7, 11) is 0. The molecule has 0 bridgehead atoms. The molecule has 0 spiro atoms. The Balaban J connectivity index is 1.82. The number of aromatic amines is 1. The van der Waals surface area contributed by atoms with Gasteiger partial charge in [0.05, 0.1) is 16.6 Å². The van der Waals surface area contributed by atoms with Gasteiger partial charge in [0.2, 0.25) is 0 Å². The largest absolute Gasteiger partial charge is 0.338 e. The first-order valence-corrected chi connectivity index (χ1v) is 9.20. The average Bonchev–Trinajstić information content (AvgIpc) is 3.38. The molecule has 1 N–H and O–H groups in total. The van der Waals surface area contributed by atoms with Gasteiger partial charge >= 0.3 is 0 Å². The predicted molar refractivity (Wildman–Crippen MR) is 105 cm³/mol. The van der Waals surface area contributed by atoms with Crippen LogP contribution in [0.15, 0.2) is 47.3 Å². The Hall–Kier alpha value is -2.81. The number of aromatic nitrogens is 3. The monoisotopic (exact) mass is 394 g/mol. The van der Waals surface area contributed by atoms with E-state index in [-0.39, 0.29) is 11.0 Å². The van der Waals surface area contributed by atoms with Crippen molar-refractivity contribution in [2.45, 2.75) is 18.3 Å². The summed E-state index contributed by atoms with van der Waals surface area (Å²) in [5.74, 6) is 0.